The lowest BCUT2D eigenvalue weighted by molar-refractivity contribution is 0.0907. The summed E-state index contributed by atoms with van der Waals surface area (Å²) in [6, 6.07) is 7.62. The number of nitrogens with one attached hydrogen (secondary N) is 3. The summed E-state index contributed by atoms with van der Waals surface area (Å²) in [6.45, 7) is 1.72. The van der Waals surface area contributed by atoms with Crippen molar-refractivity contribution < 1.29 is 4.79 Å². The van der Waals surface area contributed by atoms with E-state index >= 15 is 0 Å². The molecule has 0 saturated carbocycles. The van der Waals surface area contributed by atoms with E-state index in [-0.39, 0.29) is 11.6 Å². The molecule has 4 heteroatoms. The molecule has 1 spiro atoms. The first kappa shape index (κ1) is 8.73. The molecule has 1 saturated heterocycles. The molecule has 2 aliphatic heterocycles. The Kier molecular flexibility index (Phi) is 1.73. The normalized spacial score (nSPS) is 28.4. The molecule has 0 radical (unpaired) electrons. The van der Waals surface area contributed by atoms with Crippen molar-refractivity contribution in [2.24, 2.45) is 0 Å². The molecule has 1 amide bonds. The van der Waals surface area contributed by atoms with Gasteiger partial charge in [0.05, 0.1) is 5.56 Å². The van der Waals surface area contributed by atoms with E-state index in [0.29, 0.717) is 0 Å². The fourth-order valence-corrected chi connectivity index (χ4v) is 2.27. The third-order valence-electron chi connectivity index (χ3n) is 3.05. The first-order valence-corrected chi connectivity index (χ1v) is 5.20. The molecule has 4 nitrogen and oxygen atoms in total. The number of para-hydroxylation sites is 1. The van der Waals surface area contributed by atoms with Gasteiger partial charge in [-0.1, -0.05) is 12.1 Å². The predicted octanol–water partition coefficient (Wildman–Crippen LogP) is 0.531. The van der Waals surface area contributed by atoms with Gasteiger partial charge in [-0.25, -0.2) is 0 Å². The molecule has 0 aliphatic carbocycles. The maximum absolute atomic E-state index is 11.9. The summed E-state index contributed by atoms with van der Waals surface area (Å²) in [5.41, 5.74) is 1.39. The van der Waals surface area contributed by atoms with Crippen molar-refractivity contribution in [2.75, 3.05) is 18.4 Å². The van der Waals surface area contributed by atoms with Crippen molar-refractivity contribution >= 4 is 11.6 Å². The molecule has 1 aromatic carbocycles. The van der Waals surface area contributed by atoms with Gasteiger partial charge in [-0.3, -0.25) is 4.79 Å². The molecule has 0 unspecified atom stereocenters. The third-order valence-corrected chi connectivity index (χ3v) is 3.05. The number of anilines is 1. The Morgan fingerprint density at radius 3 is 2.87 bits per heavy atom. The average molecular weight is 203 g/mol. The van der Waals surface area contributed by atoms with Gasteiger partial charge >= 0.3 is 0 Å². The van der Waals surface area contributed by atoms with Gasteiger partial charge in [-0.05, 0) is 18.7 Å². The van der Waals surface area contributed by atoms with Crippen molar-refractivity contribution in [2.45, 2.75) is 12.1 Å². The second kappa shape index (κ2) is 2.97. The lowest BCUT2D eigenvalue weighted by Crippen LogP contribution is -2.58. The largest absolute Gasteiger partial charge is 0.361 e. The zero-order valence-electron chi connectivity index (χ0n) is 8.34. The predicted molar refractivity (Wildman–Crippen MR) is 57.7 cm³/mol. The highest BCUT2D eigenvalue weighted by Gasteiger charge is 2.39. The molecule has 78 valence electrons. The number of benzene rings is 1. The highest BCUT2D eigenvalue weighted by molar-refractivity contribution is 6.02. The Balaban J connectivity index is 2.02. The summed E-state index contributed by atoms with van der Waals surface area (Å²) in [5.74, 6) is 0.0213. The highest BCUT2D eigenvalue weighted by Crippen LogP contribution is 2.27. The average Bonchev–Trinajstić information content (AvgIpc) is 2.66. The van der Waals surface area contributed by atoms with Crippen LogP contribution >= 0.6 is 0 Å². The quantitative estimate of drug-likeness (QED) is 0.576. The van der Waals surface area contributed by atoms with E-state index in [1.165, 1.54) is 0 Å². The summed E-state index contributed by atoms with van der Waals surface area (Å²) < 4.78 is 0. The van der Waals surface area contributed by atoms with Gasteiger partial charge in [-0.15, -0.1) is 0 Å². The molecule has 1 fully saturated rings. The standard InChI is InChI=1S/C11H13N3O/c15-10-8-3-1-2-4-9(8)13-11(14-10)5-6-12-7-11/h1-4,12-13H,5-7H2,(H,14,15)/t11-/m1/s1. The number of hydrogen-bond acceptors (Lipinski definition) is 3. The SMILES string of the molecule is O=C1N[C@@]2(CCNC2)Nc2ccccc21. The Labute approximate surface area is 88.1 Å². The summed E-state index contributed by atoms with van der Waals surface area (Å²) in [4.78, 5) is 11.9. The van der Waals surface area contributed by atoms with E-state index in [9.17, 15) is 4.79 Å². The van der Waals surface area contributed by atoms with Crippen LogP contribution in [0.2, 0.25) is 0 Å². The molecule has 3 N–H and O–H groups in total. The lowest BCUT2D eigenvalue weighted by atomic mass is 10.0. The van der Waals surface area contributed by atoms with Crippen LogP contribution in [0.3, 0.4) is 0 Å². The maximum Gasteiger partial charge on any atom is 0.255 e. The van der Waals surface area contributed by atoms with E-state index < -0.39 is 0 Å². The zero-order chi connectivity index (χ0) is 10.3. The fraction of sp³-hybridized carbons (Fsp3) is 0.364. The summed E-state index contributed by atoms with van der Waals surface area (Å²) in [7, 11) is 0. The van der Waals surface area contributed by atoms with Gasteiger partial charge < -0.3 is 16.0 Å². The smallest absolute Gasteiger partial charge is 0.255 e. The van der Waals surface area contributed by atoms with Crippen LogP contribution < -0.4 is 16.0 Å². The minimum Gasteiger partial charge on any atom is -0.361 e. The van der Waals surface area contributed by atoms with Crippen molar-refractivity contribution in [3.8, 4) is 0 Å². The Morgan fingerprint density at radius 1 is 1.20 bits per heavy atom. The number of hydrogen-bond donors (Lipinski definition) is 3. The van der Waals surface area contributed by atoms with Crippen LogP contribution in [0.1, 0.15) is 16.8 Å². The van der Waals surface area contributed by atoms with E-state index in [1.54, 1.807) is 0 Å². The van der Waals surface area contributed by atoms with Gasteiger partial charge in [0.15, 0.2) is 0 Å². The van der Waals surface area contributed by atoms with Gasteiger partial charge in [0.2, 0.25) is 0 Å². The molecule has 1 atom stereocenters. The van der Waals surface area contributed by atoms with E-state index in [2.05, 4.69) is 16.0 Å². The highest BCUT2D eigenvalue weighted by atomic mass is 16.2. The molecule has 1 aromatic rings. The molecule has 0 bridgehead atoms. The number of rotatable bonds is 0. The van der Waals surface area contributed by atoms with Crippen LogP contribution in [0.25, 0.3) is 0 Å². The first-order valence-electron chi connectivity index (χ1n) is 5.20. The molecular formula is C11H13N3O. The van der Waals surface area contributed by atoms with Gasteiger partial charge in [0.25, 0.3) is 5.91 Å². The van der Waals surface area contributed by atoms with Gasteiger partial charge in [0.1, 0.15) is 5.66 Å². The van der Waals surface area contributed by atoms with Crippen LogP contribution in [0, 0.1) is 0 Å². The number of amides is 1. The Bertz CT molecular complexity index is 410. The van der Waals surface area contributed by atoms with Crippen LogP contribution in [0.4, 0.5) is 5.69 Å². The summed E-state index contributed by atoms with van der Waals surface area (Å²) in [5, 5.41) is 9.70. The van der Waals surface area contributed by atoms with Crippen molar-refractivity contribution in [1.82, 2.24) is 10.6 Å². The first-order chi connectivity index (χ1) is 7.29. The number of carbonyl (C=O) groups excluding carboxylic acids is 1. The van der Waals surface area contributed by atoms with Crippen molar-refractivity contribution in [1.29, 1.82) is 0 Å². The molecule has 3 rings (SSSR count). The minimum absolute atomic E-state index is 0.0213. The van der Waals surface area contributed by atoms with E-state index in [4.69, 9.17) is 0 Å². The number of fused-ring (bicyclic) bond motifs is 1. The molecule has 15 heavy (non-hydrogen) atoms. The van der Waals surface area contributed by atoms with Crippen LogP contribution in [-0.4, -0.2) is 24.7 Å². The van der Waals surface area contributed by atoms with Crippen LogP contribution in [0.15, 0.2) is 24.3 Å². The summed E-state index contributed by atoms with van der Waals surface area (Å²) in [6.07, 6.45) is 0.924. The van der Waals surface area contributed by atoms with E-state index in [1.807, 2.05) is 24.3 Å². The fourth-order valence-electron chi connectivity index (χ4n) is 2.27. The third kappa shape index (κ3) is 1.29. The topological polar surface area (TPSA) is 53.2 Å². The second-order valence-corrected chi connectivity index (χ2v) is 4.13. The van der Waals surface area contributed by atoms with Crippen molar-refractivity contribution in [3.05, 3.63) is 29.8 Å². The van der Waals surface area contributed by atoms with Gasteiger partial charge in [0, 0.05) is 18.7 Å². The number of carbonyl (C=O) groups is 1. The minimum atomic E-state index is -0.272. The molecule has 2 heterocycles. The molecule has 0 aromatic heterocycles. The van der Waals surface area contributed by atoms with Crippen molar-refractivity contribution in [3.63, 3.8) is 0 Å². The molecule has 2 aliphatic rings. The van der Waals surface area contributed by atoms with Gasteiger partial charge in [-0.2, -0.15) is 0 Å². The second-order valence-electron chi connectivity index (χ2n) is 4.13. The maximum atomic E-state index is 11.9. The Morgan fingerprint density at radius 2 is 2.07 bits per heavy atom. The Hall–Kier alpha value is -1.55. The molecular weight excluding hydrogens is 190 g/mol. The van der Waals surface area contributed by atoms with Crippen LogP contribution in [-0.2, 0) is 0 Å². The van der Waals surface area contributed by atoms with Crippen LogP contribution in [0.5, 0.6) is 0 Å². The summed E-state index contributed by atoms with van der Waals surface area (Å²) >= 11 is 0. The monoisotopic (exact) mass is 203 g/mol. The lowest BCUT2D eigenvalue weighted by Gasteiger charge is -2.36. The zero-order valence-corrected chi connectivity index (χ0v) is 8.34. The van der Waals surface area contributed by atoms with E-state index in [0.717, 1.165) is 30.8 Å².